The van der Waals surface area contributed by atoms with Crippen LogP contribution in [0.2, 0.25) is 0 Å². The maximum Gasteiger partial charge on any atom is 0.275 e. The molecule has 2 atom stereocenters. The van der Waals surface area contributed by atoms with Gasteiger partial charge >= 0.3 is 0 Å². The lowest BCUT2D eigenvalue weighted by Crippen LogP contribution is -2.37. The first-order valence-electron chi connectivity index (χ1n) is 10.8. The van der Waals surface area contributed by atoms with E-state index in [9.17, 15) is 14.5 Å². The zero-order valence-corrected chi connectivity index (χ0v) is 18.8. The fourth-order valence-corrected chi connectivity index (χ4v) is 8.22. The second-order valence-electron chi connectivity index (χ2n) is 8.28. The van der Waals surface area contributed by atoms with Crippen LogP contribution in [-0.4, -0.2) is 36.0 Å². The van der Waals surface area contributed by atoms with E-state index in [1.165, 1.54) is 4.90 Å². The van der Waals surface area contributed by atoms with E-state index >= 15 is 0 Å². The van der Waals surface area contributed by atoms with Crippen molar-refractivity contribution in [3.05, 3.63) is 90.5 Å². The molecule has 32 heavy (non-hydrogen) atoms. The summed E-state index contributed by atoms with van der Waals surface area (Å²) in [5.74, 6) is -0.298. The fourth-order valence-electron chi connectivity index (χ4n) is 4.73. The number of hydrogen-bond acceptors (Lipinski definition) is 3. The highest BCUT2D eigenvalue weighted by Gasteiger charge is 2.57. The van der Waals surface area contributed by atoms with Gasteiger partial charge in [0.1, 0.15) is 11.9 Å². The van der Waals surface area contributed by atoms with E-state index in [1.54, 1.807) is 0 Å². The largest absolute Gasteiger partial charge is 0.373 e. The summed E-state index contributed by atoms with van der Waals surface area (Å²) in [7, 11) is -3.43. The molecule has 164 valence electrons. The van der Waals surface area contributed by atoms with Gasteiger partial charge in [-0.3, -0.25) is 14.3 Å². The zero-order valence-electron chi connectivity index (χ0n) is 17.9. The molecule has 3 aromatic rings. The molecular formula is C25H26N3O3P. The Balaban J connectivity index is 1.58. The number of rotatable bonds is 4. The number of anilines is 3. The average molecular weight is 447 g/mol. The molecule has 0 aliphatic carbocycles. The molecule has 1 N–H and O–H groups in total. The van der Waals surface area contributed by atoms with Gasteiger partial charge in [0.15, 0.2) is 0 Å². The van der Waals surface area contributed by atoms with E-state index in [0.29, 0.717) is 18.8 Å². The minimum absolute atomic E-state index is 0.122. The van der Waals surface area contributed by atoms with Gasteiger partial charge in [0.05, 0.1) is 0 Å². The summed E-state index contributed by atoms with van der Waals surface area (Å²) >= 11 is 0. The van der Waals surface area contributed by atoms with Gasteiger partial charge in [-0.2, -0.15) is 0 Å². The van der Waals surface area contributed by atoms with Crippen molar-refractivity contribution in [2.24, 2.45) is 0 Å². The first kappa shape index (κ1) is 20.8. The molecule has 5 rings (SSSR count). The molecule has 2 heterocycles. The highest BCUT2D eigenvalue weighted by atomic mass is 31.2. The van der Waals surface area contributed by atoms with Gasteiger partial charge in [0, 0.05) is 36.6 Å². The maximum atomic E-state index is 15.0. The van der Waals surface area contributed by atoms with E-state index in [0.717, 1.165) is 16.9 Å². The number of amides is 1. The quantitative estimate of drug-likeness (QED) is 0.591. The summed E-state index contributed by atoms with van der Waals surface area (Å²) in [6.45, 7) is 3.06. The second kappa shape index (κ2) is 8.12. The Kier molecular flexibility index (Phi) is 5.28. The molecule has 0 spiro atoms. The van der Waals surface area contributed by atoms with Crippen molar-refractivity contribution >= 4 is 30.4 Å². The van der Waals surface area contributed by atoms with Crippen LogP contribution in [0.3, 0.4) is 0 Å². The van der Waals surface area contributed by atoms with Crippen molar-refractivity contribution in [1.82, 2.24) is 0 Å². The van der Waals surface area contributed by atoms with Crippen LogP contribution >= 0.6 is 7.44 Å². The molecule has 2 saturated heterocycles. The summed E-state index contributed by atoms with van der Waals surface area (Å²) < 4.78 is 18.7. The van der Waals surface area contributed by atoms with Gasteiger partial charge in [0.25, 0.3) is 7.44 Å². The third-order valence-electron chi connectivity index (χ3n) is 6.30. The summed E-state index contributed by atoms with van der Waals surface area (Å²) in [6.07, 6.45) is -0.895. The van der Waals surface area contributed by atoms with Crippen molar-refractivity contribution < 1.29 is 14.5 Å². The molecule has 0 bridgehead atoms. The van der Waals surface area contributed by atoms with Gasteiger partial charge < -0.3 is 14.4 Å². The first-order chi connectivity index (χ1) is 15.5. The molecule has 2 fully saturated rings. The van der Waals surface area contributed by atoms with Crippen LogP contribution in [0.1, 0.15) is 12.0 Å². The van der Waals surface area contributed by atoms with E-state index in [-0.39, 0.29) is 12.3 Å². The summed E-state index contributed by atoms with van der Waals surface area (Å²) in [4.78, 5) is 15.1. The molecule has 0 saturated carbocycles. The summed E-state index contributed by atoms with van der Waals surface area (Å²) in [5, 5.41) is 10.9. The average Bonchev–Trinajstić information content (AvgIpc) is 3.32. The Hall–Kier alpha value is -3.08. The molecule has 2 aliphatic heterocycles. The number of para-hydroxylation sites is 2. The van der Waals surface area contributed by atoms with Crippen LogP contribution in [0.5, 0.6) is 0 Å². The number of aliphatic hydroxyl groups excluding tert-OH is 1. The van der Waals surface area contributed by atoms with Gasteiger partial charge in [-0.15, -0.1) is 0 Å². The number of carbonyl (C=O) groups excluding carboxylic acids is 1. The topological polar surface area (TPSA) is 64.1 Å². The minimum Gasteiger partial charge on any atom is -0.373 e. The lowest BCUT2D eigenvalue weighted by atomic mass is 10.2. The number of aryl methyl sites for hydroxylation is 1. The highest BCUT2D eigenvalue weighted by Crippen LogP contribution is 2.65. The van der Waals surface area contributed by atoms with Crippen LogP contribution in [0, 0.1) is 6.92 Å². The van der Waals surface area contributed by atoms with Crippen LogP contribution in [0.15, 0.2) is 84.9 Å². The van der Waals surface area contributed by atoms with Crippen molar-refractivity contribution in [2.75, 3.05) is 27.3 Å². The Morgan fingerprint density at radius 2 is 1.28 bits per heavy atom. The van der Waals surface area contributed by atoms with Crippen LogP contribution in [0.25, 0.3) is 0 Å². The van der Waals surface area contributed by atoms with Crippen LogP contribution in [-0.2, 0) is 9.36 Å². The Morgan fingerprint density at radius 1 is 0.781 bits per heavy atom. The van der Waals surface area contributed by atoms with E-state index in [2.05, 4.69) is 0 Å². The fraction of sp³-hybridized carbons (Fsp3) is 0.240. The maximum absolute atomic E-state index is 15.0. The lowest BCUT2D eigenvalue weighted by molar-refractivity contribution is -0.117. The van der Waals surface area contributed by atoms with Crippen LogP contribution in [0.4, 0.5) is 17.1 Å². The van der Waals surface area contributed by atoms with Gasteiger partial charge in [-0.1, -0.05) is 54.1 Å². The van der Waals surface area contributed by atoms with E-state index in [4.69, 9.17) is 0 Å². The molecule has 0 aromatic heterocycles. The monoisotopic (exact) mass is 447 g/mol. The molecule has 3 aromatic carbocycles. The summed E-state index contributed by atoms with van der Waals surface area (Å²) in [6, 6.07) is 26.7. The number of carbonyl (C=O) groups is 1. The van der Waals surface area contributed by atoms with E-state index < -0.39 is 19.3 Å². The summed E-state index contributed by atoms with van der Waals surface area (Å²) in [5.41, 5.74) is 2.51. The Bertz CT molecular complexity index is 1100. The van der Waals surface area contributed by atoms with Gasteiger partial charge in [-0.25, -0.2) is 0 Å². The third-order valence-corrected chi connectivity index (χ3v) is 9.79. The molecular weight excluding hydrogens is 421 g/mol. The van der Waals surface area contributed by atoms with Gasteiger partial charge in [0.2, 0.25) is 5.91 Å². The Labute approximate surface area is 188 Å². The molecule has 6 nitrogen and oxygen atoms in total. The van der Waals surface area contributed by atoms with Crippen LogP contribution < -0.4 is 14.2 Å². The smallest absolute Gasteiger partial charge is 0.275 e. The number of hydrogen-bond donors (Lipinski definition) is 1. The number of nitrogens with zero attached hydrogens (tertiary/aromatic N) is 3. The van der Waals surface area contributed by atoms with Crippen molar-refractivity contribution in [1.29, 1.82) is 0 Å². The third kappa shape index (κ3) is 3.31. The van der Waals surface area contributed by atoms with E-state index in [1.807, 2.05) is 101 Å². The van der Waals surface area contributed by atoms with Gasteiger partial charge in [-0.05, 0) is 43.3 Å². The lowest BCUT2D eigenvalue weighted by Gasteiger charge is -2.35. The molecule has 2 unspecified atom stereocenters. The number of benzene rings is 3. The van der Waals surface area contributed by atoms with Crippen molar-refractivity contribution in [3.63, 3.8) is 0 Å². The normalized spacial score (nSPS) is 22.6. The molecule has 1 amide bonds. The second-order valence-corrected chi connectivity index (χ2v) is 11.0. The minimum atomic E-state index is -3.43. The van der Waals surface area contributed by atoms with Crippen molar-refractivity contribution in [3.8, 4) is 0 Å². The van der Waals surface area contributed by atoms with Crippen molar-refractivity contribution in [2.45, 2.75) is 25.2 Å². The first-order valence-corrected chi connectivity index (χ1v) is 12.5. The SMILES string of the molecule is Cc1ccc(N2C(=O)C(P3(=O)N(c4ccccc4)CCN3c3ccccc3)CC2O)cc1. The predicted molar refractivity (Wildman–Crippen MR) is 128 cm³/mol. The number of aliphatic hydroxyl groups is 1. The molecule has 7 heteroatoms. The predicted octanol–water partition coefficient (Wildman–Crippen LogP) is 4.64. The highest BCUT2D eigenvalue weighted by molar-refractivity contribution is 7.69. The standard InChI is InChI=1S/C25H26N3O3P/c1-19-12-14-22(15-13-19)28-24(29)18-23(25(28)30)32(31)26(20-8-4-2-5-9-20)16-17-27(32)21-10-6-3-7-11-21/h2-15,23-24,29H,16-18H2,1H3. The molecule has 0 radical (unpaired) electrons. The molecule has 2 aliphatic rings. The Morgan fingerprint density at radius 3 is 1.78 bits per heavy atom. The zero-order chi connectivity index (χ0) is 22.3.